The molecule has 0 heterocycles. The first kappa shape index (κ1) is 10.6. The molecule has 0 radical (unpaired) electrons. The first-order valence-electron chi connectivity index (χ1n) is 4.23. The van der Waals surface area contributed by atoms with Crippen molar-refractivity contribution in [1.29, 1.82) is 5.26 Å². The molecular formula is C10H11FN2O. The van der Waals surface area contributed by atoms with Crippen LogP contribution in [0.5, 0.6) is 0 Å². The van der Waals surface area contributed by atoms with E-state index in [0.29, 0.717) is 24.3 Å². The van der Waals surface area contributed by atoms with Crippen molar-refractivity contribution in [2.24, 2.45) is 5.73 Å². The standard InChI is InChI=1S/C10H11FN2O/c11-10-4-8(6-13)3-9(5-10)7-14-2-1-12/h3-5H,1-2,7,12H2. The van der Waals surface area contributed by atoms with Crippen LogP contribution in [0, 0.1) is 17.1 Å². The summed E-state index contributed by atoms with van der Waals surface area (Å²) in [7, 11) is 0. The molecular weight excluding hydrogens is 183 g/mol. The fourth-order valence-corrected chi connectivity index (χ4v) is 1.07. The number of hydrogen-bond acceptors (Lipinski definition) is 3. The molecule has 0 bridgehead atoms. The Bertz CT molecular complexity index is 346. The molecule has 0 aliphatic heterocycles. The van der Waals surface area contributed by atoms with E-state index in [2.05, 4.69) is 0 Å². The van der Waals surface area contributed by atoms with E-state index >= 15 is 0 Å². The SMILES string of the molecule is N#Cc1cc(F)cc(COCCN)c1. The van der Waals surface area contributed by atoms with Gasteiger partial charge in [-0.05, 0) is 23.8 Å². The first-order valence-corrected chi connectivity index (χ1v) is 4.23. The highest BCUT2D eigenvalue weighted by atomic mass is 19.1. The van der Waals surface area contributed by atoms with Gasteiger partial charge in [-0.25, -0.2) is 4.39 Å². The average molecular weight is 194 g/mol. The van der Waals surface area contributed by atoms with Crippen molar-refractivity contribution >= 4 is 0 Å². The molecule has 1 aromatic carbocycles. The van der Waals surface area contributed by atoms with E-state index in [1.807, 2.05) is 6.07 Å². The number of halogens is 1. The van der Waals surface area contributed by atoms with Crippen LogP contribution in [0.3, 0.4) is 0 Å². The predicted octanol–water partition coefficient (Wildman–Crippen LogP) is 1.17. The molecule has 0 atom stereocenters. The number of nitriles is 1. The van der Waals surface area contributed by atoms with E-state index in [-0.39, 0.29) is 6.61 Å². The van der Waals surface area contributed by atoms with E-state index in [1.54, 1.807) is 6.07 Å². The Morgan fingerprint density at radius 2 is 2.21 bits per heavy atom. The third-order valence-corrected chi connectivity index (χ3v) is 1.62. The molecule has 0 unspecified atom stereocenters. The van der Waals surface area contributed by atoms with Crippen molar-refractivity contribution in [2.45, 2.75) is 6.61 Å². The van der Waals surface area contributed by atoms with Crippen molar-refractivity contribution in [3.8, 4) is 6.07 Å². The summed E-state index contributed by atoms with van der Waals surface area (Å²) >= 11 is 0. The van der Waals surface area contributed by atoms with Gasteiger partial charge in [0.1, 0.15) is 5.82 Å². The lowest BCUT2D eigenvalue weighted by Gasteiger charge is -2.03. The number of rotatable bonds is 4. The second-order valence-corrected chi connectivity index (χ2v) is 2.80. The van der Waals surface area contributed by atoms with Crippen molar-refractivity contribution in [3.63, 3.8) is 0 Å². The van der Waals surface area contributed by atoms with Crippen LogP contribution in [0.15, 0.2) is 18.2 Å². The lowest BCUT2D eigenvalue weighted by atomic mass is 10.1. The predicted molar refractivity (Wildman–Crippen MR) is 49.8 cm³/mol. The highest BCUT2D eigenvalue weighted by Crippen LogP contribution is 2.09. The topological polar surface area (TPSA) is 59.0 Å². The Labute approximate surface area is 81.9 Å². The van der Waals surface area contributed by atoms with Crippen molar-refractivity contribution in [3.05, 3.63) is 35.1 Å². The monoisotopic (exact) mass is 194 g/mol. The number of nitrogens with zero attached hydrogens (tertiary/aromatic N) is 1. The molecule has 0 aromatic heterocycles. The van der Waals surface area contributed by atoms with Gasteiger partial charge in [-0.15, -0.1) is 0 Å². The fourth-order valence-electron chi connectivity index (χ4n) is 1.07. The van der Waals surface area contributed by atoms with Gasteiger partial charge in [0.15, 0.2) is 0 Å². The summed E-state index contributed by atoms with van der Waals surface area (Å²) in [6.45, 7) is 1.14. The van der Waals surface area contributed by atoms with Gasteiger partial charge in [0.05, 0.1) is 24.8 Å². The summed E-state index contributed by atoms with van der Waals surface area (Å²) in [5.41, 5.74) is 6.18. The third kappa shape index (κ3) is 3.13. The maximum Gasteiger partial charge on any atom is 0.124 e. The Balaban J connectivity index is 2.68. The minimum atomic E-state index is -0.421. The summed E-state index contributed by atoms with van der Waals surface area (Å²) < 4.78 is 18.0. The zero-order chi connectivity index (χ0) is 10.4. The van der Waals surface area contributed by atoms with Crippen LogP contribution >= 0.6 is 0 Å². The third-order valence-electron chi connectivity index (χ3n) is 1.62. The number of hydrogen-bond donors (Lipinski definition) is 1. The lowest BCUT2D eigenvalue weighted by molar-refractivity contribution is 0.128. The van der Waals surface area contributed by atoms with Crippen molar-refractivity contribution in [1.82, 2.24) is 0 Å². The maximum absolute atomic E-state index is 12.9. The molecule has 2 N–H and O–H groups in total. The molecule has 3 nitrogen and oxygen atoms in total. The van der Waals surface area contributed by atoms with Crippen LogP contribution in [0.1, 0.15) is 11.1 Å². The molecule has 0 saturated heterocycles. The molecule has 0 aliphatic rings. The molecule has 0 saturated carbocycles. The normalized spacial score (nSPS) is 9.79. The summed E-state index contributed by atoms with van der Waals surface area (Å²) in [6.07, 6.45) is 0. The quantitative estimate of drug-likeness (QED) is 0.732. The number of nitrogens with two attached hydrogens (primary N) is 1. The molecule has 74 valence electrons. The average Bonchev–Trinajstić information content (AvgIpc) is 2.17. The second kappa shape index (κ2) is 5.32. The second-order valence-electron chi connectivity index (χ2n) is 2.80. The van der Waals surface area contributed by atoms with Gasteiger partial charge < -0.3 is 10.5 Å². The maximum atomic E-state index is 12.9. The Morgan fingerprint density at radius 3 is 2.86 bits per heavy atom. The zero-order valence-corrected chi connectivity index (χ0v) is 7.66. The summed E-state index contributed by atoms with van der Waals surface area (Å²) in [5, 5.41) is 8.58. The van der Waals surface area contributed by atoms with Crippen molar-refractivity contribution in [2.75, 3.05) is 13.2 Å². The van der Waals surface area contributed by atoms with Gasteiger partial charge in [-0.2, -0.15) is 5.26 Å². The molecule has 4 heteroatoms. The summed E-state index contributed by atoms with van der Waals surface area (Å²) in [4.78, 5) is 0. The van der Waals surface area contributed by atoms with E-state index in [1.165, 1.54) is 12.1 Å². The zero-order valence-electron chi connectivity index (χ0n) is 7.66. The minimum absolute atomic E-state index is 0.281. The highest BCUT2D eigenvalue weighted by Gasteiger charge is 2.00. The van der Waals surface area contributed by atoms with Crippen LogP contribution in [-0.2, 0) is 11.3 Å². The van der Waals surface area contributed by atoms with Gasteiger partial charge in [-0.1, -0.05) is 0 Å². The molecule has 0 spiro atoms. The van der Waals surface area contributed by atoms with E-state index in [0.717, 1.165) is 0 Å². The number of ether oxygens (including phenoxy) is 1. The van der Waals surface area contributed by atoms with Gasteiger partial charge in [-0.3, -0.25) is 0 Å². The van der Waals surface area contributed by atoms with E-state index in [4.69, 9.17) is 15.7 Å². The van der Waals surface area contributed by atoms with Gasteiger partial charge in [0.2, 0.25) is 0 Å². The Kier molecular flexibility index (Phi) is 4.05. The molecule has 0 amide bonds. The first-order chi connectivity index (χ1) is 6.76. The number of benzene rings is 1. The smallest absolute Gasteiger partial charge is 0.124 e. The van der Waals surface area contributed by atoms with Crippen LogP contribution in [-0.4, -0.2) is 13.2 Å². The molecule has 0 aliphatic carbocycles. The largest absolute Gasteiger partial charge is 0.375 e. The highest BCUT2D eigenvalue weighted by molar-refractivity contribution is 5.33. The van der Waals surface area contributed by atoms with Gasteiger partial charge >= 0.3 is 0 Å². The van der Waals surface area contributed by atoms with Gasteiger partial charge in [0, 0.05) is 6.54 Å². The van der Waals surface area contributed by atoms with Crippen LogP contribution in [0.25, 0.3) is 0 Å². The molecule has 1 rings (SSSR count). The van der Waals surface area contributed by atoms with Crippen LogP contribution in [0.2, 0.25) is 0 Å². The fraction of sp³-hybridized carbons (Fsp3) is 0.300. The minimum Gasteiger partial charge on any atom is -0.375 e. The summed E-state index contributed by atoms with van der Waals surface area (Å²) in [6, 6.07) is 6.01. The van der Waals surface area contributed by atoms with Gasteiger partial charge in [0.25, 0.3) is 0 Å². The summed E-state index contributed by atoms with van der Waals surface area (Å²) in [5.74, 6) is -0.421. The lowest BCUT2D eigenvalue weighted by Crippen LogP contribution is -2.08. The molecule has 0 fully saturated rings. The van der Waals surface area contributed by atoms with E-state index < -0.39 is 5.82 Å². The van der Waals surface area contributed by atoms with Crippen LogP contribution < -0.4 is 5.73 Å². The molecule has 14 heavy (non-hydrogen) atoms. The van der Waals surface area contributed by atoms with Crippen molar-refractivity contribution < 1.29 is 9.13 Å². The Hall–Kier alpha value is -1.44. The van der Waals surface area contributed by atoms with E-state index in [9.17, 15) is 4.39 Å². The van der Waals surface area contributed by atoms with Crippen LogP contribution in [0.4, 0.5) is 4.39 Å². The Morgan fingerprint density at radius 1 is 1.43 bits per heavy atom. The molecule has 1 aromatic rings.